The summed E-state index contributed by atoms with van der Waals surface area (Å²) in [6.45, 7) is 0. The summed E-state index contributed by atoms with van der Waals surface area (Å²) in [5, 5.41) is 4.99. The minimum absolute atomic E-state index is 0.608. The molecule has 4 aromatic heterocycles. The molecule has 0 unspecified atom stereocenters. The van der Waals surface area contributed by atoms with E-state index in [9.17, 15) is 0 Å². The average molecular weight is 734 g/mol. The number of para-hydroxylation sites is 2. The van der Waals surface area contributed by atoms with Crippen molar-refractivity contribution >= 4 is 53.3 Å². The standard InChI is InChI=1S/C50H31N5S/c1-2-11-34(12-3-1)48-52-49(35-23-21-32(22-24-35)38-16-10-17-42-41-15-6-9-20-46(41)56-47(38)42)54-50(53-48)36-25-26-37(33-27-29-51-30-28-33)45(31-36)55-43-18-7-4-13-39(43)40-14-5-8-19-44(40)55/h1-31H. The Kier molecular flexibility index (Phi) is 7.60. The zero-order chi connectivity index (χ0) is 37.0. The predicted molar refractivity (Wildman–Crippen MR) is 232 cm³/mol. The molecule has 0 spiro atoms. The van der Waals surface area contributed by atoms with Gasteiger partial charge in [0.05, 0.1) is 16.7 Å². The number of fused-ring (bicyclic) bond motifs is 6. The summed E-state index contributed by atoms with van der Waals surface area (Å²) < 4.78 is 4.96. The fraction of sp³-hybridized carbons (Fsp3) is 0. The van der Waals surface area contributed by atoms with E-state index < -0.39 is 0 Å². The first-order valence-electron chi connectivity index (χ1n) is 18.6. The lowest BCUT2D eigenvalue weighted by atomic mass is 10.0. The Balaban J connectivity index is 1.08. The minimum Gasteiger partial charge on any atom is -0.309 e. The highest BCUT2D eigenvalue weighted by Crippen LogP contribution is 2.41. The number of hydrogen-bond acceptors (Lipinski definition) is 5. The molecule has 0 aliphatic carbocycles. The number of benzene rings is 7. The molecule has 0 radical (unpaired) electrons. The number of thiophene rings is 1. The molecule has 0 fully saturated rings. The van der Waals surface area contributed by atoms with Crippen molar-refractivity contribution in [1.82, 2.24) is 24.5 Å². The average Bonchev–Trinajstić information content (AvgIpc) is 3.83. The van der Waals surface area contributed by atoms with Crippen molar-refractivity contribution in [3.8, 4) is 62.1 Å². The van der Waals surface area contributed by atoms with Crippen LogP contribution < -0.4 is 0 Å². The largest absolute Gasteiger partial charge is 0.309 e. The maximum Gasteiger partial charge on any atom is 0.164 e. The second kappa shape index (κ2) is 13.2. The lowest BCUT2D eigenvalue weighted by Crippen LogP contribution is -2.02. The quantitative estimate of drug-likeness (QED) is 0.171. The molecule has 0 aliphatic rings. The van der Waals surface area contributed by atoms with E-state index >= 15 is 0 Å². The van der Waals surface area contributed by atoms with Gasteiger partial charge in [0.15, 0.2) is 17.5 Å². The molecule has 262 valence electrons. The van der Waals surface area contributed by atoms with Crippen LogP contribution in [0.25, 0.3) is 104 Å². The zero-order valence-corrected chi connectivity index (χ0v) is 30.9. The Morgan fingerprint density at radius 2 is 0.911 bits per heavy atom. The fourth-order valence-electron chi connectivity index (χ4n) is 7.94. The molecular weight excluding hydrogens is 703 g/mol. The molecule has 4 heterocycles. The molecule has 5 nitrogen and oxygen atoms in total. The zero-order valence-electron chi connectivity index (χ0n) is 30.0. The second-order valence-corrected chi connectivity index (χ2v) is 14.9. The monoisotopic (exact) mass is 733 g/mol. The van der Waals surface area contributed by atoms with E-state index in [2.05, 4.69) is 155 Å². The van der Waals surface area contributed by atoms with Crippen LogP contribution in [0.1, 0.15) is 0 Å². The third-order valence-corrected chi connectivity index (χ3v) is 11.8. The Hall–Kier alpha value is -7.28. The van der Waals surface area contributed by atoms with Gasteiger partial charge in [-0.25, -0.2) is 15.0 Å². The Labute approximate surface area is 326 Å². The molecule has 0 saturated heterocycles. The van der Waals surface area contributed by atoms with E-state index in [4.69, 9.17) is 15.0 Å². The van der Waals surface area contributed by atoms with Crippen molar-refractivity contribution in [2.45, 2.75) is 0 Å². The summed E-state index contributed by atoms with van der Waals surface area (Å²) in [7, 11) is 0. The van der Waals surface area contributed by atoms with Crippen molar-refractivity contribution in [3.05, 3.63) is 188 Å². The van der Waals surface area contributed by atoms with Gasteiger partial charge in [-0.05, 0) is 53.1 Å². The molecule has 0 amide bonds. The molecule has 0 aliphatic heterocycles. The summed E-state index contributed by atoms with van der Waals surface area (Å²) >= 11 is 1.85. The molecule has 7 aromatic carbocycles. The molecule has 56 heavy (non-hydrogen) atoms. The summed E-state index contributed by atoms with van der Waals surface area (Å²) in [5.74, 6) is 1.86. The maximum absolute atomic E-state index is 5.19. The van der Waals surface area contributed by atoms with Gasteiger partial charge in [0, 0.05) is 65.6 Å². The molecule has 0 saturated carbocycles. The predicted octanol–water partition coefficient (Wildman–Crippen LogP) is 13.1. The van der Waals surface area contributed by atoms with E-state index in [1.54, 1.807) is 0 Å². The van der Waals surface area contributed by atoms with Crippen LogP contribution in [0.15, 0.2) is 188 Å². The highest BCUT2D eigenvalue weighted by Gasteiger charge is 2.19. The van der Waals surface area contributed by atoms with Gasteiger partial charge in [-0.3, -0.25) is 4.98 Å². The van der Waals surface area contributed by atoms with Crippen LogP contribution in [0.5, 0.6) is 0 Å². The van der Waals surface area contributed by atoms with Gasteiger partial charge in [-0.1, -0.05) is 140 Å². The number of nitrogens with zero attached hydrogens (tertiary/aromatic N) is 5. The van der Waals surface area contributed by atoms with E-state index in [1.165, 1.54) is 36.5 Å². The summed E-state index contributed by atoms with van der Waals surface area (Å²) in [6.07, 6.45) is 3.69. The van der Waals surface area contributed by atoms with Crippen molar-refractivity contribution in [1.29, 1.82) is 0 Å². The topological polar surface area (TPSA) is 56.5 Å². The molecule has 0 N–H and O–H groups in total. The van der Waals surface area contributed by atoms with Crippen LogP contribution in [0.4, 0.5) is 0 Å². The Bertz CT molecular complexity index is 3190. The van der Waals surface area contributed by atoms with E-state index in [0.717, 1.165) is 50.1 Å². The lowest BCUT2D eigenvalue weighted by molar-refractivity contribution is 1.07. The van der Waals surface area contributed by atoms with E-state index in [-0.39, 0.29) is 0 Å². The van der Waals surface area contributed by atoms with Gasteiger partial charge in [0.2, 0.25) is 0 Å². The normalized spacial score (nSPS) is 11.6. The summed E-state index contributed by atoms with van der Waals surface area (Å²) in [5.41, 5.74) is 10.6. The van der Waals surface area contributed by atoms with Crippen LogP contribution in [-0.2, 0) is 0 Å². The van der Waals surface area contributed by atoms with Crippen LogP contribution in [-0.4, -0.2) is 24.5 Å². The number of pyridine rings is 1. The Morgan fingerprint density at radius 1 is 0.375 bits per heavy atom. The van der Waals surface area contributed by atoms with Crippen molar-refractivity contribution in [3.63, 3.8) is 0 Å². The highest BCUT2D eigenvalue weighted by atomic mass is 32.1. The van der Waals surface area contributed by atoms with Gasteiger partial charge in [-0.2, -0.15) is 0 Å². The van der Waals surface area contributed by atoms with Crippen LogP contribution >= 0.6 is 11.3 Å². The van der Waals surface area contributed by atoms with Gasteiger partial charge in [0.25, 0.3) is 0 Å². The smallest absolute Gasteiger partial charge is 0.164 e. The van der Waals surface area contributed by atoms with Gasteiger partial charge in [0.1, 0.15) is 0 Å². The summed E-state index contributed by atoms with van der Waals surface area (Å²) in [4.78, 5) is 19.7. The number of hydrogen-bond donors (Lipinski definition) is 0. The molecular formula is C50H31N5S. The molecule has 6 heteroatoms. The van der Waals surface area contributed by atoms with Crippen LogP contribution in [0.3, 0.4) is 0 Å². The SMILES string of the molecule is c1ccc(-c2nc(-c3ccc(-c4cccc5c4sc4ccccc45)cc3)nc(-c3ccc(-c4ccncc4)c(-n4c5ccccc5c5ccccc54)c3)n2)cc1. The third-order valence-electron chi connectivity index (χ3n) is 10.6. The minimum atomic E-state index is 0.608. The first kappa shape index (κ1) is 32.2. The third kappa shape index (κ3) is 5.38. The number of aromatic nitrogens is 5. The van der Waals surface area contributed by atoms with Gasteiger partial charge in [-0.15, -0.1) is 11.3 Å². The summed E-state index contributed by atoms with van der Waals surface area (Å²) in [6, 6.07) is 61.8. The van der Waals surface area contributed by atoms with Gasteiger partial charge < -0.3 is 4.57 Å². The van der Waals surface area contributed by atoms with Crippen molar-refractivity contribution in [2.24, 2.45) is 0 Å². The van der Waals surface area contributed by atoms with Crippen LogP contribution in [0.2, 0.25) is 0 Å². The van der Waals surface area contributed by atoms with E-state index in [0.29, 0.717) is 17.5 Å². The molecule has 11 aromatic rings. The first-order valence-corrected chi connectivity index (χ1v) is 19.4. The Morgan fingerprint density at radius 3 is 1.62 bits per heavy atom. The van der Waals surface area contributed by atoms with E-state index in [1.807, 2.05) is 54.1 Å². The maximum atomic E-state index is 5.19. The second-order valence-electron chi connectivity index (χ2n) is 13.9. The molecule has 0 bridgehead atoms. The molecule has 0 atom stereocenters. The molecule has 11 rings (SSSR count). The lowest BCUT2D eigenvalue weighted by Gasteiger charge is -2.16. The van der Waals surface area contributed by atoms with Gasteiger partial charge >= 0.3 is 0 Å². The first-order chi connectivity index (χ1) is 27.8. The van der Waals surface area contributed by atoms with Crippen molar-refractivity contribution < 1.29 is 0 Å². The highest BCUT2D eigenvalue weighted by molar-refractivity contribution is 7.26. The van der Waals surface area contributed by atoms with Crippen molar-refractivity contribution in [2.75, 3.05) is 0 Å². The fourth-order valence-corrected chi connectivity index (χ4v) is 9.18. The number of rotatable bonds is 6. The van der Waals surface area contributed by atoms with Crippen LogP contribution in [0, 0.1) is 0 Å².